The highest BCUT2D eigenvalue weighted by atomic mass is 35.5. The van der Waals surface area contributed by atoms with Crippen LogP contribution in [0.5, 0.6) is 0 Å². The first-order chi connectivity index (χ1) is 10.8. The molecule has 1 aromatic rings. The minimum Gasteiger partial charge on any atom is -0.341 e. The quantitative estimate of drug-likeness (QED) is 0.849. The number of nitrogens with one attached hydrogen (secondary N) is 1. The number of likely N-dealkylation sites (tertiary alicyclic amines) is 1. The predicted molar refractivity (Wildman–Crippen MR) is 91.7 cm³/mol. The molecular formula is C16H23ClN2O3S. The van der Waals surface area contributed by atoms with E-state index >= 15 is 0 Å². The summed E-state index contributed by atoms with van der Waals surface area (Å²) in [6.07, 6.45) is 1.86. The Bertz CT molecular complexity index is 646. The first-order valence-corrected chi connectivity index (χ1v) is 9.83. The Morgan fingerprint density at radius 2 is 1.96 bits per heavy atom. The average Bonchev–Trinajstić information content (AvgIpc) is 2.84. The van der Waals surface area contributed by atoms with Gasteiger partial charge in [-0.25, -0.2) is 13.1 Å². The van der Waals surface area contributed by atoms with Crippen molar-refractivity contribution in [2.24, 2.45) is 5.92 Å². The molecule has 0 aliphatic carbocycles. The van der Waals surface area contributed by atoms with Crippen molar-refractivity contribution in [3.05, 3.63) is 34.9 Å². The lowest BCUT2D eigenvalue weighted by Gasteiger charge is -2.19. The molecule has 1 aliphatic rings. The van der Waals surface area contributed by atoms with E-state index < -0.39 is 10.0 Å². The van der Waals surface area contributed by atoms with Gasteiger partial charge in [0.2, 0.25) is 15.9 Å². The number of amides is 1. The molecule has 1 N–H and O–H groups in total. The summed E-state index contributed by atoms with van der Waals surface area (Å²) >= 11 is 5.82. The first kappa shape index (κ1) is 18.2. The van der Waals surface area contributed by atoms with E-state index in [9.17, 15) is 13.2 Å². The molecule has 2 atom stereocenters. The van der Waals surface area contributed by atoms with Gasteiger partial charge in [-0.15, -0.1) is 0 Å². The Balaban J connectivity index is 2.05. The molecule has 1 aromatic carbocycles. The molecule has 1 heterocycles. The lowest BCUT2D eigenvalue weighted by atomic mass is 9.99. The van der Waals surface area contributed by atoms with E-state index in [0.29, 0.717) is 23.7 Å². The van der Waals surface area contributed by atoms with E-state index in [1.807, 2.05) is 0 Å². The Labute approximate surface area is 143 Å². The number of hydrogen-bond donors (Lipinski definition) is 1. The van der Waals surface area contributed by atoms with Gasteiger partial charge in [-0.3, -0.25) is 4.79 Å². The van der Waals surface area contributed by atoms with Crippen LogP contribution in [-0.2, 0) is 20.6 Å². The fraction of sp³-hybridized carbons (Fsp3) is 0.562. The van der Waals surface area contributed by atoms with E-state index in [1.165, 1.54) is 6.92 Å². The van der Waals surface area contributed by atoms with Crippen LogP contribution in [0, 0.1) is 5.92 Å². The van der Waals surface area contributed by atoms with Crippen LogP contribution in [0.1, 0.15) is 32.3 Å². The molecule has 0 bridgehead atoms. The van der Waals surface area contributed by atoms with Crippen molar-refractivity contribution < 1.29 is 13.2 Å². The van der Waals surface area contributed by atoms with Crippen molar-refractivity contribution in [3.8, 4) is 0 Å². The number of nitrogens with zero attached hydrogens (tertiary/aromatic N) is 1. The monoisotopic (exact) mass is 358 g/mol. The van der Waals surface area contributed by atoms with E-state index in [-0.39, 0.29) is 23.6 Å². The Hall–Kier alpha value is -1.11. The zero-order valence-electron chi connectivity index (χ0n) is 13.5. The maximum Gasteiger partial charge on any atom is 0.219 e. The summed E-state index contributed by atoms with van der Waals surface area (Å²) in [7, 11) is -3.46. The first-order valence-electron chi connectivity index (χ1n) is 7.80. The summed E-state index contributed by atoms with van der Waals surface area (Å²) in [5.74, 6) is 0.0777. The number of benzene rings is 1. The molecule has 0 spiro atoms. The molecule has 7 heteroatoms. The van der Waals surface area contributed by atoms with Crippen molar-refractivity contribution in [1.82, 2.24) is 9.62 Å². The van der Waals surface area contributed by atoms with Gasteiger partial charge >= 0.3 is 0 Å². The maximum atomic E-state index is 12.4. The van der Waals surface area contributed by atoms with Gasteiger partial charge in [0.15, 0.2) is 0 Å². The van der Waals surface area contributed by atoms with Crippen molar-refractivity contribution in [3.63, 3.8) is 0 Å². The smallest absolute Gasteiger partial charge is 0.219 e. The number of rotatable bonds is 6. The molecule has 0 unspecified atom stereocenters. The Morgan fingerprint density at radius 1 is 1.30 bits per heavy atom. The van der Waals surface area contributed by atoms with Crippen LogP contribution in [0.25, 0.3) is 0 Å². The number of sulfonamides is 1. The van der Waals surface area contributed by atoms with Gasteiger partial charge in [-0.2, -0.15) is 0 Å². The average molecular weight is 359 g/mol. The molecule has 5 nitrogen and oxygen atoms in total. The van der Waals surface area contributed by atoms with Gasteiger partial charge in [0, 0.05) is 31.1 Å². The van der Waals surface area contributed by atoms with Crippen LogP contribution in [0.2, 0.25) is 5.02 Å². The standard InChI is InChI=1S/C16H23ClN2O3S/c1-3-4-14-9-19(12(2)20)10-16(14)18-23(21,22)11-13-5-7-15(17)8-6-13/h5-8,14,16,18H,3-4,9-11H2,1-2H3/t14-,16-/m1/s1. The van der Waals surface area contributed by atoms with Gasteiger partial charge in [0.1, 0.15) is 0 Å². The highest BCUT2D eigenvalue weighted by Crippen LogP contribution is 2.23. The fourth-order valence-corrected chi connectivity index (χ4v) is 4.57. The molecule has 1 aliphatic heterocycles. The van der Waals surface area contributed by atoms with E-state index in [0.717, 1.165) is 12.8 Å². The second kappa shape index (κ2) is 7.64. The van der Waals surface area contributed by atoms with E-state index in [4.69, 9.17) is 11.6 Å². The van der Waals surface area contributed by atoms with Crippen molar-refractivity contribution in [1.29, 1.82) is 0 Å². The molecule has 1 amide bonds. The van der Waals surface area contributed by atoms with Crippen LogP contribution < -0.4 is 4.72 Å². The predicted octanol–water partition coefficient (Wildman–Crippen LogP) is 2.41. The van der Waals surface area contributed by atoms with Crippen LogP contribution >= 0.6 is 11.6 Å². The SMILES string of the molecule is CCC[C@@H]1CN(C(C)=O)C[C@H]1NS(=O)(=O)Cc1ccc(Cl)cc1. The molecule has 0 saturated carbocycles. The van der Waals surface area contributed by atoms with Gasteiger partial charge in [0.25, 0.3) is 0 Å². The van der Waals surface area contributed by atoms with Crippen LogP contribution in [0.15, 0.2) is 24.3 Å². The molecule has 2 rings (SSSR count). The number of carbonyl (C=O) groups is 1. The minimum absolute atomic E-state index is 0.00879. The Morgan fingerprint density at radius 3 is 2.52 bits per heavy atom. The van der Waals surface area contributed by atoms with Gasteiger partial charge in [-0.05, 0) is 30.0 Å². The van der Waals surface area contributed by atoms with Crippen LogP contribution in [0.4, 0.5) is 0 Å². The normalized spacial score (nSPS) is 21.6. The maximum absolute atomic E-state index is 12.4. The summed E-state index contributed by atoms with van der Waals surface area (Å²) in [6.45, 7) is 4.65. The van der Waals surface area contributed by atoms with Crippen molar-refractivity contribution in [2.75, 3.05) is 13.1 Å². The third kappa shape index (κ3) is 5.19. The van der Waals surface area contributed by atoms with Crippen LogP contribution in [0.3, 0.4) is 0 Å². The highest BCUT2D eigenvalue weighted by molar-refractivity contribution is 7.88. The molecule has 1 saturated heterocycles. The lowest BCUT2D eigenvalue weighted by Crippen LogP contribution is -2.41. The largest absolute Gasteiger partial charge is 0.341 e. The van der Waals surface area contributed by atoms with Gasteiger partial charge in [-0.1, -0.05) is 37.1 Å². The summed E-state index contributed by atoms with van der Waals surface area (Å²) in [6, 6.07) is 6.57. The zero-order valence-corrected chi connectivity index (χ0v) is 15.0. The van der Waals surface area contributed by atoms with E-state index in [1.54, 1.807) is 29.2 Å². The molecular weight excluding hydrogens is 336 g/mol. The van der Waals surface area contributed by atoms with Crippen LogP contribution in [-0.4, -0.2) is 38.4 Å². The summed E-state index contributed by atoms with van der Waals surface area (Å²) < 4.78 is 27.6. The topological polar surface area (TPSA) is 66.5 Å². The summed E-state index contributed by atoms with van der Waals surface area (Å²) in [5, 5.41) is 0.579. The summed E-state index contributed by atoms with van der Waals surface area (Å²) in [5.41, 5.74) is 0.690. The third-order valence-corrected chi connectivity index (χ3v) is 5.77. The van der Waals surface area contributed by atoms with Gasteiger partial charge < -0.3 is 4.90 Å². The number of carbonyl (C=O) groups excluding carboxylic acids is 1. The molecule has 0 aromatic heterocycles. The highest BCUT2D eigenvalue weighted by Gasteiger charge is 2.35. The number of hydrogen-bond acceptors (Lipinski definition) is 3. The van der Waals surface area contributed by atoms with Crippen molar-refractivity contribution in [2.45, 2.75) is 38.5 Å². The molecule has 128 valence electrons. The second-order valence-electron chi connectivity index (χ2n) is 6.08. The van der Waals surface area contributed by atoms with Gasteiger partial charge in [0.05, 0.1) is 5.75 Å². The minimum atomic E-state index is -3.46. The molecule has 23 heavy (non-hydrogen) atoms. The zero-order chi connectivity index (χ0) is 17.0. The molecule has 1 fully saturated rings. The fourth-order valence-electron chi connectivity index (χ4n) is 3.00. The van der Waals surface area contributed by atoms with Crippen molar-refractivity contribution >= 4 is 27.5 Å². The number of halogens is 1. The second-order valence-corrected chi connectivity index (χ2v) is 8.27. The lowest BCUT2D eigenvalue weighted by molar-refractivity contribution is -0.127. The Kier molecular flexibility index (Phi) is 6.06. The third-order valence-electron chi connectivity index (χ3n) is 4.15. The summed E-state index contributed by atoms with van der Waals surface area (Å²) in [4.78, 5) is 13.3. The molecule has 0 radical (unpaired) electrons. The van der Waals surface area contributed by atoms with E-state index in [2.05, 4.69) is 11.6 Å².